The molecular formula is C14H21N3O. The molecule has 18 heavy (non-hydrogen) atoms. The molecule has 0 saturated heterocycles. The number of amides is 1. The van der Waals surface area contributed by atoms with Gasteiger partial charge in [-0.2, -0.15) is 0 Å². The van der Waals surface area contributed by atoms with Crippen molar-refractivity contribution in [2.75, 3.05) is 25.5 Å². The largest absolute Gasteiger partial charge is 0.385 e. The average Bonchev–Trinajstić information content (AvgIpc) is 3.19. The summed E-state index contributed by atoms with van der Waals surface area (Å²) < 4.78 is 0. The van der Waals surface area contributed by atoms with Gasteiger partial charge in [0.25, 0.3) is 5.91 Å². The van der Waals surface area contributed by atoms with Gasteiger partial charge in [0.1, 0.15) is 5.69 Å². The number of aromatic nitrogens is 1. The molecule has 1 saturated carbocycles. The van der Waals surface area contributed by atoms with Gasteiger partial charge in [0.05, 0.1) is 0 Å². The van der Waals surface area contributed by atoms with Gasteiger partial charge in [0.15, 0.2) is 0 Å². The molecule has 0 spiro atoms. The molecule has 1 aromatic rings. The summed E-state index contributed by atoms with van der Waals surface area (Å²) in [5, 5.41) is 3.27. The molecule has 0 radical (unpaired) electrons. The average molecular weight is 247 g/mol. The van der Waals surface area contributed by atoms with Crippen LogP contribution in [-0.2, 0) is 0 Å². The minimum Gasteiger partial charge on any atom is -0.385 e. The molecule has 0 atom stereocenters. The van der Waals surface area contributed by atoms with Crippen LogP contribution in [0.5, 0.6) is 0 Å². The molecule has 0 aliphatic heterocycles. The van der Waals surface area contributed by atoms with Crippen LogP contribution in [0.2, 0.25) is 0 Å². The summed E-state index contributed by atoms with van der Waals surface area (Å²) >= 11 is 0. The Morgan fingerprint density at radius 1 is 1.56 bits per heavy atom. The van der Waals surface area contributed by atoms with Gasteiger partial charge in [0.2, 0.25) is 0 Å². The molecule has 0 unspecified atom stereocenters. The number of nitrogens with one attached hydrogen (secondary N) is 1. The smallest absolute Gasteiger partial charge is 0.272 e. The van der Waals surface area contributed by atoms with E-state index in [2.05, 4.69) is 17.2 Å². The van der Waals surface area contributed by atoms with Crippen LogP contribution in [-0.4, -0.2) is 35.9 Å². The summed E-state index contributed by atoms with van der Waals surface area (Å²) in [5.74, 6) is 0.724. The summed E-state index contributed by atoms with van der Waals surface area (Å²) in [6.45, 7) is 3.88. The first-order valence-corrected chi connectivity index (χ1v) is 6.66. The number of carbonyl (C=O) groups excluding carboxylic acids is 1. The fourth-order valence-corrected chi connectivity index (χ4v) is 1.89. The first kappa shape index (κ1) is 12.9. The summed E-state index contributed by atoms with van der Waals surface area (Å²) in [6.07, 6.45) is 5.26. The van der Waals surface area contributed by atoms with Crippen molar-refractivity contribution in [3.8, 4) is 0 Å². The van der Waals surface area contributed by atoms with Gasteiger partial charge in [-0.15, -0.1) is 0 Å². The fraction of sp³-hybridized carbons (Fsp3) is 0.571. The first-order chi connectivity index (χ1) is 8.70. The third kappa shape index (κ3) is 3.45. The number of hydrogen-bond donors (Lipinski definition) is 1. The minimum absolute atomic E-state index is 0.0158. The quantitative estimate of drug-likeness (QED) is 0.839. The van der Waals surface area contributed by atoms with E-state index in [1.165, 1.54) is 12.8 Å². The van der Waals surface area contributed by atoms with Crippen LogP contribution in [0.3, 0.4) is 0 Å². The van der Waals surface area contributed by atoms with Crippen molar-refractivity contribution >= 4 is 11.6 Å². The highest BCUT2D eigenvalue weighted by Gasteiger charge is 2.25. The van der Waals surface area contributed by atoms with E-state index < -0.39 is 0 Å². The Hall–Kier alpha value is -1.58. The minimum atomic E-state index is 0.0158. The van der Waals surface area contributed by atoms with Crippen molar-refractivity contribution in [2.24, 2.45) is 5.92 Å². The topological polar surface area (TPSA) is 45.2 Å². The van der Waals surface area contributed by atoms with Gasteiger partial charge >= 0.3 is 0 Å². The Morgan fingerprint density at radius 2 is 2.33 bits per heavy atom. The number of carbonyl (C=O) groups is 1. The van der Waals surface area contributed by atoms with Crippen LogP contribution < -0.4 is 5.32 Å². The van der Waals surface area contributed by atoms with Crippen LogP contribution in [0.25, 0.3) is 0 Å². The van der Waals surface area contributed by atoms with E-state index in [1.54, 1.807) is 11.1 Å². The van der Waals surface area contributed by atoms with Crippen LogP contribution in [0, 0.1) is 5.92 Å². The molecule has 1 aromatic heterocycles. The van der Waals surface area contributed by atoms with E-state index in [9.17, 15) is 4.79 Å². The normalized spacial score (nSPS) is 14.3. The standard InChI is InChI=1S/C14H21N3O/c1-3-7-15-12-6-8-16-13(9-12)14(18)17(2)10-11-4-5-11/h6,8-9,11H,3-5,7,10H2,1-2H3,(H,15,16). The van der Waals surface area contributed by atoms with Crippen molar-refractivity contribution < 1.29 is 4.79 Å². The summed E-state index contributed by atoms with van der Waals surface area (Å²) in [6, 6.07) is 3.73. The Bertz CT molecular complexity index is 415. The number of nitrogens with zero attached hydrogens (tertiary/aromatic N) is 2. The van der Waals surface area contributed by atoms with E-state index in [0.29, 0.717) is 11.6 Å². The highest BCUT2D eigenvalue weighted by molar-refractivity contribution is 5.93. The Morgan fingerprint density at radius 3 is 3.00 bits per heavy atom. The monoisotopic (exact) mass is 247 g/mol. The van der Waals surface area contributed by atoms with Crippen LogP contribution >= 0.6 is 0 Å². The zero-order chi connectivity index (χ0) is 13.0. The number of rotatable bonds is 6. The fourth-order valence-electron chi connectivity index (χ4n) is 1.89. The number of pyridine rings is 1. The van der Waals surface area contributed by atoms with Crippen molar-refractivity contribution in [1.29, 1.82) is 0 Å². The van der Waals surface area contributed by atoms with Gasteiger partial charge < -0.3 is 10.2 Å². The van der Waals surface area contributed by atoms with Crippen molar-refractivity contribution in [1.82, 2.24) is 9.88 Å². The zero-order valence-corrected chi connectivity index (χ0v) is 11.1. The van der Waals surface area contributed by atoms with E-state index in [1.807, 2.05) is 19.2 Å². The van der Waals surface area contributed by atoms with Crippen molar-refractivity contribution in [3.63, 3.8) is 0 Å². The van der Waals surface area contributed by atoms with Crippen molar-refractivity contribution in [3.05, 3.63) is 24.0 Å². The lowest BCUT2D eigenvalue weighted by Crippen LogP contribution is -2.29. The molecule has 4 nitrogen and oxygen atoms in total. The second-order valence-corrected chi connectivity index (χ2v) is 4.99. The van der Waals surface area contributed by atoms with Crippen molar-refractivity contribution in [2.45, 2.75) is 26.2 Å². The molecule has 98 valence electrons. The van der Waals surface area contributed by atoms with Gasteiger partial charge in [-0.25, -0.2) is 0 Å². The lowest BCUT2D eigenvalue weighted by molar-refractivity contribution is 0.0783. The van der Waals surface area contributed by atoms with E-state index in [-0.39, 0.29) is 5.91 Å². The first-order valence-electron chi connectivity index (χ1n) is 6.66. The number of anilines is 1. The van der Waals surface area contributed by atoms with Gasteiger partial charge in [-0.05, 0) is 37.3 Å². The van der Waals surface area contributed by atoms with E-state index >= 15 is 0 Å². The summed E-state index contributed by atoms with van der Waals surface area (Å²) in [7, 11) is 1.86. The van der Waals surface area contributed by atoms with Gasteiger partial charge in [0, 0.05) is 32.0 Å². The molecule has 0 aromatic carbocycles. The summed E-state index contributed by atoms with van der Waals surface area (Å²) in [5.41, 5.74) is 1.49. The summed E-state index contributed by atoms with van der Waals surface area (Å²) in [4.78, 5) is 18.1. The molecular weight excluding hydrogens is 226 g/mol. The molecule has 1 aliphatic carbocycles. The van der Waals surface area contributed by atoms with Gasteiger partial charge in [-0.3, -0.25) is 9.78 Å². The molecule has 1 amide bonds. The predicted molar refractivity (Wildman–Crippen MR) is 72.7 cm³/mol. The molecule has 1 aliphatic rings. The van der Waals surface area contributed by atoms with Gasteiger partial charge in [-0.1, -0.05) is 6.92 Å². The third-order valence-corrected chi connectivity index (χ3v) is 3.13. The van der Waals surface area contributed by atoms with Crippen LogP contribution in [0.4, 0.5) is 5.69 Å². The number of hydrogen-bond acceptors (Lipinski definition) is 3. The predicted octanol–water partition coefficient (Wildman–Crippen LogP) is 2.39. The Balaban J connectivity index is 1.99. The maximum Gasteiger partial charge on any atom is 0.272 e. The molecule has 4 heteroatoms. The molecule has 1 fully saturated rings. The Kier molecular flexibility index (Phi) is 4.18. The third-order valence-electron chi connectivity index (χ3n) is 3.13. The molecule has 1 heterocycles. The zero-order valence-electron chi connectivity index (χ0n) is 11.1. The highest BCUT2D eigenvalue weighted by atomic mass is 16.2. The van der Waals surface area contributed by atoms with Crippen LogP contribution in [0.15, 0.2) is 18.3 Å². The SMILES string of the molecule is CCCNc1ccnc(C(=O)N(C)CC2CC2)c1. The van der Waals surface area contributed by atoms with E-state index in [0.717, 1.165) is 25.2 Å². The molecule has 2 rings (SSSR count). The lowest BCUT2D eigenvalue weighted by Gasteiger charge is -2.16. The molecule has 0 bridgehead atoms. The molecule has 1 N–H and O–H groups in total. The second-order valence-electron chi connectivity index (χ2n) is 4.99. The maximum atomic E-state index is 12.2. The van der Waals surface area contributed by atoms with Crippen LogP contribution in [0.1, 0.15) is 36.7 Å². The maximum absolute atomic E-state index is 12.2. The van der Waals surface area contributed by atoms with E-state index in [4.69, 9.17) is 0 Å². The Labute approximate surface area is 108 Å². The second kappa shape index (κ2) is 5.85. The lowest BCUT2D eigenvalue weighted by atomic mass is 10.2. The highest BCUT2D eigenvalue weighted by Crippen LogP contribution is 2.29.